The van der Waals surface area contributed by atoms with E-state index in [2.05, 4.69) is 10.2 Å². The third-order valence-electron chi connectivity index (χ3n) is 6.01. The summed E-state index contributed by atoms with van der Waals surface area (Å²) in [6.07, 6.45) is -0.337. The van der Waals surface area contributed by atoms with Crippen molar-refractivity contribution in [2.75, 3.05) is 32.8 Å². The van der Waals surface area contributed by atoms with Gasteiger partial charge in [-0.15, -0.1) is 0 Å². The first-order valence-electron chi connectivity index (χ1n) is 10.1. The number of furan rings is 1. The number of likely N-dealkylation sites (tertiary alicyclic amines) is 1. The molecule has 1 saturated carbocycles. The van der Waals surface area contributed by atoms with Gasteiger partial charge in [0.2, 0.25) is 5.91 Å². The predicted octanol–water partition coefficient (Wildman–Crippen LogP) is 2.52. The lowest BCUT2D eigenvalue weighted by Crippen LogP contribution is -2.33. The number of nitrogens with zero attached hydrogens (tertiary/aromatic N) is 1. The molecular formula is C20H27F3N2O5. The second kappa shape index (κ2) is 9.82. The smallest absolute Gasteiger partial charge is 0.475 e. The van der Waals surface area contributed by atoms with Gasteiger partial charge in [-0.2, -0.15) is 13.2 Å². The molecule has 2 aliphatic heterocycles. The Labute approximate surface area is 172 Å². The molecule has 2 saturated heterocycles. The average Bonchev–Trinajstić information content (AvgIpc) is 3.11. The quantitative estimate of drug-likeness (QED) is 0.718. The van der Waals surface area contributed by atoms with E-state index in [9.17, 15) is 18.0 Å². The fraction of sp³-hybridized carbons (Fsp3) is 0.700. The minimum atomic E-state index is -5.08. The molecule has 0 radical (unpaired) electrons. The van der Waals surface area contributed by atoms with Gasteiger partial charge in [-0.05, 0) is 48.6 Å². The second-order valence-electron chi connectivity index (χ2n) is 8.13. The van der Waals surface area contributed by atoms with E-state index in [0.717, 1.165) is 36.7 Å². The van der Waals surface area contributed by atoms with Crippen LogP contribution in [0.25, 0.3) is 0 Å². The highest BCUT2D eigenvalue weighted by Crippen LogP contribution is 2.53. The highest BCUT2D eigenvalue weighted by Gasteiger charge is 2.55. The molecule has 0 bridgehead atoms. The Kier molecular flexibility index (Phi) is 7.41. The minimum Gasteiger partial charge on any atom is -0.475 e. The summed E-state index contributed by atoms with van der Waals surface area (Å²) in [4.78, 5) is 23.5. The van der Waals surface area contributed by atoms with Crippen LogP contribution in [0, 0.1) is 23.7 Å². The van der Waals surface area contributed by atoms with Crippen molar-refractivity contribution in [3.8, 4) is 0 Å². The van der Waals surface area contributed by atoms with E-state index in [4.69, 9.17) is 19.1 Å². The molecule has 168 valence electrons. The lowest BCUT2D eigenvalue weighted by atomic mass is 9.99. The average molecular weight is 432 g/mol. The van der Waals surface area contributed by atoms with Crippen molar-refractivity contribution in [1.82, 2.24) is 10.2 Å². The number of carboxylic acid groups (broad SMARTS) is 1. The van der Waals surface area contributed by atoms with E-state index < -0.39 is 12.1 Å². The third-order valence-corrected chi connectivity index (χ3v) is 6.01. The van der Waals surface area contributed by atoms with Crippen molar-refractivity contribution in [3.05, 3.63) is 24.2 Å². The second-order valence-corrected chi connectivity index (χ2v) is 8.13. The summed E-state index contributed by atoms with van der Waals surface area (Å²) in [7, 11) is 0. The third kappa shape index (κ3) is 6.46. The molecule has 1 aliphatic carbocycles. The van der Waals surface area contributed by atoms with Crippen LogP contribution in [-0.4, -0.2) is 60.9 Å². The molecule has 3 heterocycles. The maximum atomic E-state index is 12.0. The molecule has 1 aromatic rings. The van der Waals surface area contributed by atoms with Gasteiger partial charge in [0.1, 0.15) is 5.76 Å². The van der Waals surface area contributed by atoms with Crippen LogP contribution in [0.2, 0.25) is 0 Å². The van der Waals surface area contributed by atoms with Gasteiger partial charge in [-0.25, -0.2) is 4.79 Å². The molecule has 2 N–H and O–H groups in total. The van der Waals surface area contributed by atoms with Crippen molar-refractivity contribution in [3.63, 3.8) is 0 Å². The lowest BCUT2D eigenvalue weighted by Gasteiger charge is -2.28. The molecule has 0 spiro atoms. The Morgan fingerprint density at radius 2 is 1.83 bits per heavy atom. The Bertz CT molecular complexity index is 692. The van der Waals surface area contributed by atoms with Crippen LogP contribution >= 0.6 is 0 Å². The van der Waals surface area contributed by atoms with E-state index in [1.54, 1.807) is 6.26 Å². The lowest BCUT2D eigenvalue weighted by molar-refractivity contribution is -0.192. The van der Waals surface area contributed by atoms with Crippen LogP contribution in [0.4, 0.5) is 13.2 Å². The zero-order valence-electron chi connectivity index (χ0n) is 16.6. The van der Waals surface area contributed by atoms with Crippen LogP contribution in [0.5, 0.6) is 0 Å². The number of alkyl halides is 3. The van der Waals surface area contributed by atoms with Gasteiger partial charge in [0.25, 0.3) is 0 Å². The summed E-state index contributed by atoms with van der Waals surface area (Å²) in [5.41, 5.74) is 0. The number of aliphatic carboxylic acids is 1. The predicted molar refractivity (Wildman–Crippen MR) is 99.3 cm³/mol. The number of amides is 1. The van der Waals surface area contributed by atoms with Crippen LogP contribution in [0.15, 0.2) is 22.8 Å². The number of carboxylic acids is 1. The standard InChI is InChI=1S/C18H26N2O3.C2HF3O2/c21-18(19-9-14-2-1-5-23-14)8-15-16-11-20(12-17(15)16)10-13-3-6-22-7-4-13;3-2(4,5)1(6)7/h1-2,5,13,15-17H,3-4,6-12H2,(H,19,21);(H,6,7)/t15?,16-,17+;. The normalized spacial score (nSPS) is 26.4. The topological polar surface area (TPSA) is 92.0 Å². The van der Waals surface area contributed by atoms with Crippen molar-refractivity contribution >= 4 is 11.9 Å². The molecular weight excluding hydrogens is 405 g/mol. The van der Waals surface area contributed by atoms with Crippen LogP contribution < -0.4 is 5.32 Å². The number of fused-ring (bicyclic) bond motifs is 1. The monoisotopic (exact) mass is 432 g/mol. The Hall–Kier alpha value is -2.07. The summed E-state index contributed by atoms with van der Waals surface area (Å²) in [5.74, 6) is 1.16. The molecule has 1 amide bonds. The number of nitrogens with one attached hydrogen (secondary N) is 1. The molecule has 30 heavy (non-hydrogen) atoms. The van der Waals surface area contributed by atoms with Crippen LogP contribution in [0.1, 0.15) is 25.0 Å². The van der Waals surface area contributed by atoms with Gasteiger partial charge < -0.3 is 24.5 Å². The fourth-order valence-electron chi connectivity index (χ4n) is 4.37. The molecule has 7 nitrogen and oxygen atoms in total. The maximum absolute atomic E-state index is 12.0. The highest BCUT2D eigenvalue weighted by atomic mass is 19.4. The fourth-order valence-corrected chi connectivity index (χ4v) is 4.37. The largest absolute Gasteiger partial charge is 0.490 e. The first-order valence-corrected chi connectivity index (χ1v) is 10.1. The molecule has 10 heteroatoms. The van der Waals surface area contributed by atoms with Crippen molar-refractivity contribution in [1.29, 1.82) is 0 Å². The Morgan fingerprint density at radius 1 is 1.20 bits per heavy atom. The number of halogens is 3. The number of hydrogen-bond acceptors (Lipinski definition) is 5. The Morgan fingerprint density at radius 3 is 2.37 bits per heavy atom. The maximum Gasteiger partial charge on any atom is 0.490 e. The zero-order chi connectivity index (χ0) is 21.7. The van der Waals surface area contributed by atoms with Crippen molar-refractivity contribution in [2.24, 2.45) is 23.7 Å². The summed E-state index contributed by atoms with van der Waals surface area (Å²) in [6.45, 7) is 5.99. The van der Waals surface area contributed by atoms with Crippen LogP contribution in [-0.2, 0) is 20.9 Å². The van der Waals surface area contributed by atoms with E-state index in [0.29, 0.717) is 18.9 Å². The molecule has 4 rings (SSSR count). The number of hydrogen-bond donors (Lipinski definition) is 2. The van der Waals surface area contributed by atoms with Crippen molar-refractivity contribution < 1.29 is 37.0 Å². The van der Waals surface area contributed by atoms with Gasteiger partial charge in [0, 0.05) is 39.3 Å². The van der Waals surface area contributed by atoms with Gasteiger partial charge in [0.05, 0.1) is 12.8 Å². The summed E-state index contributed by atoms with van der Waals surface area (Å²) in [6, 6.07) is 3.74. The summed E-state index contributed by atoms with van der Waals surface area (Å²) in [5, 5.41) is 10.1. The molecule has 0 aromatic carbocycles. The number of piperidine rings is 1. The SMILES string of the molecule is O=C(CC1[C@H]2CN(CC3CCOCC3)C[C@@H]12)NCc1ccco1.O=C(O)C(F)(F)F. The molecule has 1 unspecified atom stereocenters. The van der Waals surface area contributed by atoms with Gasteiger partial charge in [0.15, 0.2) is 0 Å². The molecule has 3 atom stereocenters. The number of rotatable bonds is 6. The van der Waals surface area contributed by atoms with Crippen molar-refractivity contribution in [2.45, 2.75) is 32.0 Å². The first kappa shape index (κ1) is 22.6. The van der Waals surface area contributed by atoms with Gasteiger partial charge >= 0.3 is 12.1 Å². The summed E-state index contributed by atoms with van der Waals surface area (Å²) >= 11 is 0. The van der Waals surface area contributed by atoms with Gasteiger partial charge in [-0.3, -0.25) is 4.79 Å². The molecule has 3 aliphatic rings. The molecule has 1 aromatic heterocycles. The first-order chi connectivity index (χ1) is 14.2. The summed E-state index contributed by atoms with van der Waals surface area (Å²) < 4.78 is 42.4. The number of carbonyl (C=O) groups is 2. The van der Waals surface area contributed by atoms with E-state index in [1.165, 1.54) is 32.5 Å². The number of carbonyl (C=O) groups excluding carboxylic acids is 1. The zero-order valence-corrected chi connectivity index (χ0v) is 16.6. The highest BCUT2D eigenvalue weighted by molar-refractivity contribution is 5.76. The number of ether oxygens (including phenoxy) is 1. The minimum absolute atomic E-state index is 0.164. The van der Waals surface area contributed by atoms with Crippen LogP contribution in [0.3, 0.4) is 0 Å². The van der Waals surface area contributed by atoms with E-state index >= 15 is 0 Å². The van der Waals surface area contributed by atoms with Gasteiger partial charge in [-0.1, -0.05) is 0 Å². The van der Waals surface area contributed by atoms with E-state index in [1.807, 2.05) is 12.1 Å². The van der Waals surface area contributed by atoms with E-state index in [-0.39, 0.29) is 5.91 Å². The molecule has 3 fully saturated rings. The Balaban J connectivity index is 0.000000318.